The van der Waals surface area contributed by atoms with Crippen molar-refractivity contribution in [2.24, 2.45) is 0 Å². The molecule has 0 amide bonds. The number of anilines is 2. The molecule has 7 heteroatoms. The van der Waals surface area contributed by atoms with E-state index < -0.39 is 0 Å². The summed E-state index contributed by atoms with van der Waals surface area (Å²) in [4.78, 5) is 11.8. The lowest BCUT2D eigenvalue weighted by molar-refractivity contribution is 0.920. The van der Waals surface area contributed by atoms with Gasteiger partial charge in [-0.05, 0) is 18.6 Å². The second-order valence-corrected chi connectivity index (χ2v) is 5.33. The van der Waals surface area contributed by atoms with Crippen LogP contribution in [0.15, 0.2) is 29.4 Å². The van der Waals surface area contributed by atoms with Gasteiger partial charge in [-0.25, -0.2) is 0 Å². The molecule has 0 spiro atoms. The van der Waals surface area contributed by atoms with E-state index in [-0.39, 0.29) is 17.1 Å². The molecule has 0 bridgehead atoms. The molecule has 2 rings (SSSR count). The van der Waals surface area contributed by atoms with E-state index >= 15 is 0 Å². The first-order valence-electron chi connectivity index (χ1n) is 5.24. The molecule has 0 aliphatic rings. The molecule has 0 fully saturated rings. The van der Waals surface area contributed by atoms with Crippen molar-refractivity contribution in [1.29, 1.82) is 0 Å². The number of hydrogen-bond acceptors (Lipinski definition) is 6. The van der Waals surface area contributed by atoms with Crippen LogP contribution in [0.3, 0.4) is 0 Å². The Labute approximate surface area is 114 Å². The van der Waals surface area contributed by atoms with Gasteiger partial charge in [0, 0.05) is 10.3 Å². The number of thioether (sulfide) groups is 1. The van der Waals surface area contributed by atoms with E-state index in [0.29, 0.717) is 10.2 Å². The summed E-state index contributed by atoms with van der Waals surface area (Å²) < 4.78 is 0. The van der Waals surface area contributed by atoms with Crippen LogP contribution >= 0.6 is 23.4 Å². The van der Waals surface area contributed by atoms with Crippen LogP contribution in [-0.4, -0.2) is 15.0 Å². The Morgan fingerprint density at radius 1 is 1.11 bits per heavy atom. The van der Waals surface area contributed by atoms with Gasteiger partial charge in [-0.1, -0.05) is 41.6 Å². The molecule has 1 aromatic heterocycles. The molecule has 0 aliphatic heterocycles. The number of nitrogens with two attached hydrogens (primary N) is 2. The average molecular weight is 282 g/mol. The van der Waals surface area contributed by atoms with E-state index in [1.54, 1.807) is 0 Å². The lowest BCUT2D eigenvalue weighted by Crippen LogP contribution is -2.04. The SMILES string of the molecule is C[C@H](Sc1nc(N)nc(N)n1)c1ccccc1Cl. The second kappa shape index (κ2) is 5.41. The summed E-state index contributed by atoms with van der Waals surface area (Å²) in [6.45, 7) is 2.02. The predicted molar refractivity (Wildman–Crippen MR) is 74.4 cm³/mol. The van der Waals surface area contributed by atoms with Gasteiger partial charge in [0.15, 0.2) is 5.16 Å². The van der Waals surface area contributed by atoms with Crippen LogP contribution in [0.5, 0.6) is 0 Å². The summed E-state index contributed by atoms with van der Waals surface area (Å²) in [5, 5.41) is 1.31. The number of halogens is 1. The normalized spacial score (nSPS) is 12.3. The lowest BCUT2D eigenvalue weighted by atomic mass is 10.2. The highest BCUT2D eigenvalue weighted by Crippen LogP contribution is 2.36. The summed E-state index contributed by atoms with van der Waals surface area (Å²) in [7, 11) is 0. The first kappa shape index (κ1) is 12.9. The third-order valence-corrected chi connectivity index (χ3v) is 3.62. The van der Waals surface area contributed by atoms with Crippen LogP contribution in [0, 0.1) is 0 Å². The average Bonchev–Trinajstić information content (AvgIpc) is 2.27. The fraction of sp³-hybridized carbons (Fsp3) is 0.182. The van der Waals surface area contributed by atoms with Gasteiger partial charge in [-0.3, -0.25) is 0 Å². The smallest absolute Gasteiger partial charge is 0.225 e. The number of hydrogen-bond donors (Lipinski definition) is 2. The highest BCUT2D eigenvalue weighted by Gasteiger charge is 2.13. The fourth-order valence-electron chi connectivity index (χ4n) is 1.47. The molecule has 4 N–H and O–H groups in total. The molecule has 1 heterocycles. The van der Waals surface area contributed by atoms with Crippen molar-refractivity contribution in [2.75, 3.05) is 11.5 Å². The van der Waals surface area contributed by atoms with Gasteiger partial charge in [-0.15, -0.1) is 0 Å². The van der Waals surface area contributed by atoms with Gasteiger partial charge in [0.25, 0.3) is 0 Å². The van der Waals surface area contributed by atoms with E-state index in [1.165, 1.54) is 11.8 Å². The molecule has 0 radical (unpaired) electrons. The Morgan fingerprint density at radius 3 is 2.33 bits per heavy atom. The first-order valence-corrected chi connectivity index (χ1v) is 6.50. The van der Waals surface area contributed by atoms with E-state index in [0.717, 1.165) is 5.56 Å². The Kier molecular flexibility index (Phi) is 3.88. The maximum absolute atomic E-state index is 6.13. The molecule has 1 aromatic carbocycles. The maximum Gasteiger partial charge on any atom is 0.225 e. The molecule has 18 heavy (non-hydrogen) atoms. The van der Waals surface area contributed by atoms with Crippen molar-refractivity contribution in [3.8, 4) is 0 Å². The Bertz CT molecular complexity index is 543. The van der Waals surface area contributed by atoms with Crippen LogP contribution in [0.1, 0.15) is 17.7 Å². The van der Waals surface area contributed by atoms with Gasteiger partial charge in [0.2, 0.25) is 11.9 Å². The van der Waals surface area contributed by atoms with Crippen LogP contribution in [0.25, 0.3) is 0 Å². The zero-order valence-corrected chi connectivity index (χ0v) is 11.2. The van der Waals surface area contributed by atoms with E-state index in [1.807, 2.05) is 31.2 Å². The van der Waals surface area contributed by atoms with Gasteiger partial charge >= 0.3 is 0 Å². The molecular weight excluding hydrogens is 270 g/mol. The summed E-state index contributed by atoms with van der Waals surface area (Å²) in [6.07, 6.45) is 0. The second-order valence-electron chi connectivity index (χ2n) is 3.62. The van der Waals surface area contributed by atoms with Crippen molar-refractivity contribution < 1.29 is 0 Å². The standard InChI is InChI=1S/C11H12ClN5S/c1-6(7-4-2-3-5-8(7)12)18-11-16-9(13)15-10(14)17-11/h2-6H,1H3,(H4,13,14,15,16,17)/t6-/m0/s1. The van der Waals surface area contributed by atoms with Crippen molar-refractivity contribution in [2.45, 2.75) is 17.3 Å². The Balaban J connectivity index is 2.21. The predicted octanol–water partition coefficient (Wildman–Crippen LogP) is 2.54. The molecule has 0 saturated heterocycles. The third-order valence-electron chi connectivity index (χ3n) is 2.27. The van der Waals surface area contributed by atoms with E-state index in [2.05, 4.69) is 15.0 Å². The minimum atomic E-state index is 0.0971. The number of rotatable bonds is 3. The third kappa shape index (κ3) is 3.02. The highest BCUT2D eigenvalue weighted by atomic mass is 35.5. The van der Waals surface area contributed by atoms with Crippen molar-refractivity contribution in [3.05, 3.63) is 34.9 Å². The largest absolute Gasteiger partial charge is 0.368 e. The van der Waals surface area contributed by atoms with Crippen LogP contribution < -0.4 is 11.5 Å². The number of nitrogen functional groups attached to an aromatic ring is 2. The van der Waals surface area contributed by atoms with Gasteiger partial charge in [0.05, 0.1) is 0 Å². The first-order chi connectivity index (χ1) is 8.56. The molecular formula is C11H12ClN5S. The van der Waals surface area contributed by atoms with Gasteiger partial charge in [-0.2, -0.15) is 15.0 Å². The van der Waals surface area contributed by atoms with E-state index in [9.17, 15) is 0 Å². The lowest BCUT2D eigenvalue weighted by Gasteiger charge is -2.12. The van der Waals surface area contributed by atoms with E-state index in [4.69, 9.17) is 23.1 Å². The molecule has 0 saturated carbocycles. The fourth-order valence-corrected chi connectivity index (χ4v) is 2.77. The monoisotopic (exact) mass is 281 g/mol. The van der Waals surface area contributed by atoms with Crippen molar-refractivity contribution in [1.82, 2.24) is 15.0 Å². The Hall–Kier alpha value is -1.53. The molecule has 0 unspecified atom stereocenters. The van der Waals surface area contributed by atoms with Gasteiger partial charge < -0.3 is 11.5 Å². The zero-order chi connectivity index (χ0) is 13.1. The summed E-state index contributed by atoms with van der Waals surface area (Å²) in [6, 6.07) is 7.65. The molecule has 5 nitrogen and oxygen atoms in total. The molecule has 0 aliphatic carbocycles. The molecule has 2 aromatic rings. The number of nitrogens with zero attached hydrogens (tertiary/aromatic N) is 3. The topological polar surface area (TPSA) is 90.7 Å². The van der Waals surface area contributed by atoms with Crippen LogP contribution in [-0.2, 0) is 0 Å². The number of benzene rings is 1. The van der Waals surface area contributed by atoms with Crippen LogP contribution in [0.4, 0.5) is 11.9 Å². The van der Waals surface area contributed by atoms with Gasteiger partial charge in [0.1, 0.15) is 0 Å². The molecule has 94 valence electrons. The quantitative estimate of drug-likeness (QED) is 0.840. The van der Waals surface area contributed by atoms with Crippen molar-refractivity contribution >= 4 is 35.3 Å². The summed E-state index contributed by atoms with van der Waals surface area (Å²) >= 11 is 7.56. The van der Waals surface area contributed by atoms with Crippen LogP contribution in [0.2, 0.25) is 5.02 Å². The Morgan fingerprint density at radius 2 is 1.72 bits per heavy atom. The minimum absolute atomic E-state index is 0.0971. The van der Waals surface area contributed by atoms with Crippen molar-refractivity contribution in [3.63, 3.8) is 0 Å². The zero-order valence-electron chi connectivity index (χ0n) is 9.67. The summed E-state index contributed by atoms with van der Waals surface area (Å²) in [5.41, 5.74) is 12.1. The minimum Gasteiger partial charge on any atom is -0.368 e. The maximum atomic E-state index is 6.13. The summed E-state index contributed by atoms with van der Waals surface area (Å²) in [5.74, 6) is 0.243. The highest BCUT2D eigenvalue weighted by molar-refractivity contribution is 7.99. The molecule has 1 atom stereocenters. The number of aromatic nitrogens is 3.